The standard InChI is InChI=1S/C18H11ClO5/c19-12-7-9(5-6-13(12)20)11-8-15(21)24-17-10-3-1-2-4-14(10)23-18(22)16(11)17/h1-7,11,20H,8H2/t11-/m1/s1. The fourth-order valence-corrected chi connectivity index (χ4v) is 3.18. The molecule has 1 aromatic heterocycles. The number of halogens is 1. The van der Waals surface area contributed by atoms with E-state index < -0.39 is 17.5 Å². The summed E-state index contributed by atoms with van der Waals surface area (Å²) in [5.74, 6) is -0.815. The largest absolute Gasteiger partial charge is 0.506 e. The van der Waals surface area contributed by atoms with Gasteiger partial charge in [-0.05, 0) is 29.8 Å². The van der Waals surface area contributed by atoms with Gasteiger partial charge in [0.05, 0.1) is 22.4 Å². The van der Waals surface area contributed by atoms with Crippen LogP contribution in [0.4, 0.5) is 0 Å². The molecule has 0 amide bonds. The first-order valence-electron chi connectivity index (χ1n) is 7.29. The van der Waals surface area contributed by atoms with E-state index in [1.807, 2.05) is 0 Å². The van der Waals surface area contributed by atoms with E-state index in [0.29, 0.717) is 16.5 Å². The Kier molecular flexibility index (Phi) is 3.32. The van der Waals surface area contributed by atoms with Crippen LogP contribution in [0.3, 0.4) is 0 Å². The van der Waals surface area contributed by atoms with Gasteiger partial charge in [-0.3, -0.25) is 4.79 Å². The predicted molar refractivity (Wildman–Crippen MR) is 87.7 cm³/mol. The summed E-state index contributed by atoms with van der Waals surface area (Å²) < 4.78 is 10.7. The summed E-state index contributed by atoms with van der Waals surface area (Å²) in [7, 11) is 0. The first-order valence-corrected chi connectivity index (χ1v) is 7.67. The highest BCUT2D eigenvalue weighted by atomic mass is 35.5. The third kappa shape index (κ3) is 2.25. The Morgan fingerprint density at radius 1 is 1.12 bits per heavy atom. The van der Waals surface area contributed by atoms with E-state index >= 15 is 0 Å². The minimum absolute atomic E-state index is 0.00277. The number of para-hydroxylation sites is 1. The van der Waals surface area contributed by atoms with Gasteiger partial charge in [-0.25, -0.2) is 4.79 Å². The highest BCUT2D eigenvalue weighted by Crippen LogP contribution is 2.41. The van der Waals surface area contributed by atoms with Crippen molar-refractivity contribution in [1.82, 2.24) is 0 Å². The maximum absolute atomic E-state index is 12.5. The van der Waals surface area contributed by atoms with E-state index in [4.69, 9.17) is 20.8 Å². The maximum atomic E-state index is 12.5. The number of phenolic OH excluding ortho intramolecular Hbond substituents is 1. The SMILES string of the molecule is O=C1C[C@H](c2ccc(O)c(Cl)c2)c2c(c3ccccc3oc2=O)O1. The molecular formula is C18H11ClO5. The van der Waals surface area contributed by atoms with Crippen molar-refractivity contribution in [2.75, 3.05) is 0 Å². The van der Waals surface area contributed by atoms with Crippen LogP contribution in [-0.4, -0.2) is 11.1 Å². The third-order valence-electron chi connectivity index (χ3n) is 4.11. The lowest BCUT2D eigenvalue weighted by Crippen LogP contribution is -2.26. The van der Waals surface area contributed by atoms with Crippen LogP contribution in [0.1, 0.15) is 23.5 Å². The molecule has 5 nitrogen and oxygen atoms in total. The summed E-state index contributed by atoms with van der Waals surface area (Å²) in [6.07, 6.45) is -0.00277. The Hall–Kier alpha value is -2.79. The number of carbonyl (C=O) groups is 1. The first-order chi connectivity index (χ1) is 11.5. The van der Waals surface area contributed by atoms with Crippen molar-refractivity contribution in [2.24, 2.45) is 0 Å². The number of hydrogen-bond donors (Lipinski definition) is 1. The van der Waals surface area contributed by atoms with Gasteiger partial charge in [0.15, 0.2) is 5.75 Å². The molecule has 24 heavy (non-hydrogen) atoms. The van der Waals surface area contributed by atoms with Gasteiger partial charge in [0.1, 0.15) is 11.3 Å². The zero-order chi connectivity index (χ0) is 16.8. The minimum Gasteiger partial charge on any atom is -0.506 e. The monoisotopic (exact) mass is 342 g/mol. The molecule has 0 aliphatic carbocycles. The second-order valence-corrected chi connectivity index (χ2v) is 5.98. The van der Waals surface area contributed by atoms with Crippen molar-refractivity contribution in [3.63, 3.8) is 0 Å². The molecule has 120 valence electrons. The van der Waals surface area contributed by atoms with Crippen LogP contribution in [0.15, 0.2) is 51.7 Å². The van der Waals surface area contributed by atoms with Crippen LogP contribution < -0.4 is 10.4 Å². The Morgan fingerprint density at radius 3 is 2.71 bits per heavy atom. The van der Waals surface area contributed by atoms with Crippen LogP contribution in [0, 0.1) is 0 Å². The zero-order valence-corrected chi connectivity index (χ0v) is 13.0. The van der Waals surface area contributed by atoms with Gasteiger partial charge in [-0.2, -0.15) is 0 Å². The number of esters is 1. The summed E-state index contributed by atoms with van der Waals surface area (Å²) in [6, 6.07) is 11.5. The van der Waals surface area contributed by atoms with E-state index in [9.17, 15) is 14.7 Å². The zero-order valence-electron chi connectivity index (χ0n) is 12.3. The topological polar surface area (TPSA) is 76.7 Å². The second kappa shape index (κ2) is 5.39. The molecule has 1 aliphatic heterocycles. The van der Waals surface area contributed by atoms with Gasteiger partial charge in [-0.1, -0.05) is 29.8 Å². The average Bonchev–Trinajstić information content (AvgIpc) is 2.56. The van der Waals surface area contributed by atoms with Crippen LogP contribution >= 0.6 is 11.6 Å². The molecule has 0 bridgehead atoms. The van der Waals surface area contributed by atoms with E-state index in [1.165, 1.54) is 6.07 Å². The van der Waals surface area contributed by atoms with Crippen LogP contribution in [0.5, 0.6) is 11.5 Å². The molecule has 4 rings (SSSR count). The number of hydrogen-bond acceptors (Lipinski definition) is 5. The molecule has 0 saturated carbocycles. The van der Waals surface area contributed by atoms with Crippen molar-refractivity contribution in [3.05, 3.63) is 69.0 Å². The Bertz CT molecular complexity index is 1040. The lowest BCUT2D eigenvalue weighted by atomic mass is 9.86. The van der Waals surface area contributed by atoms with Crippen molar-refractivity contribution in [2.45, 2.75) is 12.3 Å². The fraction of sp³-hybridized carbons (Fsp3) is 0.111. The normalized spacial score (nSPS) is 16.7. The number of rotatable bonds is 1. The van der Waals surface area contributed by atoms with E-state index in [0.717, 1.165) is 0 Å². The number of phenols is 1. The Balaban J connectivity index is 2.00. The van der Waals surface area contributed by atoms with Gasteiger partial charge in [-0.15, -0.1) is 0 Å². The fourth-order valence-electron chi connectivity index (χ4n) is 2.99. The number of ether oxygens (including phenoxy) is 1. The molecule has 2 aromatic carbocycles. The van der Waals surface area contributed by atoms with E-state index in [1.54, 1.807) is 36.4 Å². The molecule has 1 atom stereocenters. The second-order valence-electron chi connectivity index (χ2n) is 5.57. The molecule has 0 spiro atoms. The molecule has 0 fully saturated rings. The number of benzene rings is 2. The lowest BCUT2D eigenvalue weighted by molar-refractivity contribution is -0.135. The lowest BCUT2D eigenvalue weighted by Gasteiger charge is -2.24. The summed E-state index contributed by atoms with van der Waals surface area (Å²) in [5.41, 5.74) is 0.733. The molecule has 1 N–H and O–H groups in total. The van der Waals surface area contributed by atoms with Gasteiger partial charge < -0.3 is 14.3 Å². The number of aromatic hydroxyl groups is 1. The molecule has 1 aliphatic rings. The Morgan fingerprint density at radius 2 is 1.92 bits per heavy atom. The highest BCUT2D eigenvalue weighted by molar-refractivity contribution is 6.32. The quantitative estimate of drug-likeness (QED) is 0.540. The minimum atomic E-state index is -0.551. The highest BCUT2D eigenvalue weighted by Gasteiger charge is 2.34. The van der Waals surface area contributed by atoms with E-state index in [2.05, 4.69) is 0 Å². The first kappa shape index (κ1) is 14.8. The number of fused-ring (bicyclic) bond motifs is 3. The maximum Gasteiger partial charge on any atom is 0.343 e. The molecule has 3 aromatic rings. The van der Waals surface area contributed by atoms with Crippen molar-refractivity contribution in [3.8, 4) is 11.5 Å². The third-order valence-corrected chi connectivity index (χ3v) is 4.41. The molecule has 2 heterocycles. The smallest absolute Gasteiger partial charge is 0.343 e. The van der Waals surface area contributed by atoms with Gasteiger partial charge in [0.25, 0.3) is 0 Å². The molecular weight excluding hydrogens is 332 g/mol. The molecule has 6 heteroatoms. The predicted octanol–water partition coefficient (Wildman–Crippen LogP) is 3.59. The van der Waals surface area contributed by atoms with Gasteiger partial charge in [0, 0.05) is 5.92 Å². The van der Waals surface area contributed by atoms with Gasteiger partial charge >= 0.3 is 11.6 Å². The van der Waals surface area contributed by atoms with E-state index in [-0.39, 0.29) is 28.5 Å². The Labute approximate surface area is 141 Å². The number of carbonyl (C=O) groups excluding carboxylic acids is 1. The van der Waals surface area contributed by atoms with Crippen molar-refractivity contribution < 1.29 is 19.1 Å². The van der Waals surface area contributed by atoms with Crippen LogP contribution in [0.25, 0.3) is 11.0 Å². The molecule has 0 saturated heterocycles. The van der Waals surface area contributed by atoms with Crippen molar-refractivity contribution >= 4 is 28.5 Å². The van der Waals surface area contributed by atoms with Crippen LogP contribution in [0.2, 0.25) is 5.02 Å². The van der Waals surface area contributed by atoms with Gasteiger partial charge in [0.2, 0.25) is 0 Å². The molecule has 0 unspecified atom stereocenters. The summed E-state index contributed by atoms with van der Waals surface area (Å²) in [5, 5.41) is 10.3. The summed E-state index contributed by atoms with van der Waals surface area (Å²) >= 11 is 5.96. The van der Waals surface area contributed by atoms with Crippen molar-refractivity contribution in [1.29, 1.82) is 0 Å². The molecule has 0 radical (unpaired) electrons. The summed E-state index contributed by atoms with van der Waals surface area (Å²) in [6.45, 7) is 0. The summed E-state index contributed by atoms with van der Waals surface area (Å²) in [4.78, 5) is 24.6. The average molecular weight is 343 g/mol. The van der Waals surface area contributed by atoms with Crippen LogP contribution in [-0.2, 0) is 4.79 Å².